The Morgan fingerprint density at radius 1 is 1.14 bits per heavy atom. The van der Waals surface area contributed by atoms with Crippen molar-refractivity contribution in [3.8, 4) is 0 Å². The number of ether oxygens (including phenoxy) is 1. The summed E-state index contributed by atoms with van der Waals surface area (Å²) >= 11 is 0. The van der Waals surface area contributed by atoms with Crippen molar-refractivity contribution >= 4 is 5.78 Å². The lowest BCUT2D eigenvalue weighted by Crippen LogP contribution is -2.43. The van der Waals surface area contributed by atoms with Gasteiger partial charge in [0, 0.05) is 5.92 Å². The molecule has 2 nitrogen and oxygen atoms in total. The summed E-state index contributed by atoms with van der Waals surface area (Å²) in [5.41, 5.74) is -0.367. The van der Waals surface area contributed by atoms with Gasteiger partial charge < -0.3 is 4.74 Å². The van der Waals surface area contributed by atoms with Crippen molar-refractivity contribution in [2.75, 3.05) is 0 Å². The molecule has 0 saturated heterocycles. The molecule has 0 aromatic rings. The summed E-state index contributed by atoms with van der Waals surface area (Å²) in [6, 6.07) is 0. The van der Waals surface area contributed by atoms with Crippen molar-refractivity contribution in [3.05, 3.63) is 0 Å². The van der Waals surface area contributed by atoms with Crippen LogP contribution in [0, 0.1) is 11.8 Å². The zero-order valence-corrected chi connectivity index (χ0v) is 10.5. The highest BCUT2D eigenvalue weighted by Crippen LogP contribution is 2.30. The van der Waals surface area contributed by atoms with Gasteiger partial charge in [-0.3, -0.25) is 4.79 Å². The number of hydrogen-bond acceptors (Lipinski definition) is 2. The van der Waals surface area contributed by atoms with E-state index in [1.54, 1.807) is 6.92 Å². The highest BCUT2D eigenvalue weighted by Gasteiger charge is 2.36. The Hall–Kier alpha value is -0.370. The van der Waals surface area contributed by atoms with Gasteiger partial charge in [-0.2, -0.15) is 0 Å². The van der Waals surface area contributed by atoms with Crippen LogP contribution in [0.4, 0.5) is 0 Å². The zero-order valence-electron chi connectivity index (χ0n) is 10.5. The first-order chi connectivity index (χ1) is 6.18. The second-order valence-corrected chi connectivity index (χ2v) is 5.10. The van der Waals surface area contributed by atoms with Crippen LogP contribution < -0.4 is 0 Å². The van der Waals surface area contributed by atoms with Crippen LogP contribution in [0.1, 0.15) is 48.5 Å². The predicted molar refractivity (Wildman–Crippen MR) is 59.3 cm³/mol. The Kier molecular flexibility index (Phi) is 4.79. The number of rotatable bonds is 5. The molecular formula is C12H24O2. The van der Waals surface area contributed by atoms with Crippen LogP contribution in [-0.4, -0.2) is 17.5 Å². The van der Waals surface area contributed by atoms with Gasteiger partial charge in [0.1, 0.15) is 5.78 Å². The van der Waals surface area contributed by atoms with Crippen LogP contribution in [0.2, 0.25) is 0 Å². The summed E-state index contributed by atoms with van der Waals surface area (Å²) in [5, 5.41) is 0. The topological polar surface area (TPSA) is 26.3 Å². The fraction of sp³-hybridized carbons (Fsp3) is 0.917. The fourth-order valence-electron chi connectivity index (χ4n) is 2.44. The molecule has 0 spiro atoms. The van der Waals surface area contributed by atoms with Gasteiger partial charge in [0.15, 0.2) is 0 Å². The van der Waals surface area contributed by atoms with E-state index in [9.17, 15) is 4.79 Å². The molecule has 0 aromatic carbocycles. The Bertz CT molecular complexity index is 192. The first kappa shape index (κ1) is 13.6. The maximum atomic E-state index is 11.5. The third-order valence-electron chi connectivity index (χ3n) is 2.39. The average molecular weight is 200 g/mol. The van der Waals surface area contributed by atoms with Crippen molar-refractivity contribution in [1.82, 2.24) is 0 Å². The van der Waals surface area contributed by atoms with Gasteiger partial charge in [0.05, 0.1) is 11.7 Å². The van der Waals surface area contributed by atoms with Gasteiger partial charge in [-0.05, 0) is 40.5 Å². The Balaban J connectivity index is 4.71. The molecule has 0 heterocycles. The zero-order chi connectivity index (χ0) is 11.5. The van der Waals surface area contributed by atoms with Crippen molar-refractivity contribution in [2.45, 2.75) is 60.2 Å². The van der Waals surface area contributed by atoms with E-state index < -0.39 is 0 Å². The van der Waals surface area contributed by atoms with Crippen LogP contribution in [0.15, 0.2) is 0 Å². The minimum atomic E-state index is -0.367. The standard InChI is InChI=1S/C12H24O2/c1-8(2)11(10(5)13)12(6,7)14-9(3)4/h8-9,11H,1-7H3. The molecule has 84 valence electrons. The number of Topliss-reactive ketones (excluding diaryl/α,β-unsaturated/α-hetero) is 1. The largest absolute Gasteiger partial charge is 0.372 e. The molecule has 1 atom stereocenters. The van der Waals surface area contributed by atoms with Crippen LogP contribution in [0.3, 0.4) is 0 Å². The van der Waals surface area contributed by atoms with Crippen LogP contribution in [-0.2, 0) is 9.53 Å². The summed E-state index contributed by atoms with van der Waals surface area (Å²) < 4.78 is 5.80. The quantitative estimate of drug-likeness (QED) is 0.682. The van der Waals surface area contributed by atoms with Crippen molar-refractivity contribution in [3.63, 3.8) is 0 Å². The van der Waals surface area contributed by atoms with Crippen LogP contribution in [0.5, 0.6) is 0 Å². The average Bonchev–Trinajstić information content (AvgIpc) is 1.77. The van der Waals surface area contributed by atoms with Crippen molar-refractivity contribution < 1.29 is 9.53 Å². The monoisotopic (exact) mass is 200 g/mol. The molecule has 0 aliphatic rings. The molecule has 0 N–H and O–H groups in total. The van der Waals surface area contributed by atoms with Gasteiger partial charge >= 0.3 is 0 Å². The maximum absolute atomic E-state index is 11.5. The molecule has 0 rings (SSSR count). The molecule has 0 radical (unpaired) electrons. The second-order valence-electron chi connectivity index (χ2n) is 5.10. The molecule has 0 aromatic heterocycles. The highest BCUT2D eigenvalue weighted by molar-refractivity contribution is 5.79. The predicted octanol–water partition coefficient (Wildman–Crippen LogP) is 3.05. The molecule has 0 aliphatic heterocycles. The lowest BCUT2D eigenvalue weighted by molar-refractivity contribution is -0.142. The minimum absolute atomic E-state index is 0.0232. The number of carbonyl (C=O) groups excluding carboxylic acids is 1. The third-order valence-corrected chi connectivity index (χ3v) is 2.39. The minimum Gasteiger partial charge on any atom is -0.372 e. The molecule has 14 heavy (non-hydrogen) atoms. The molecule has 0 saturated carbocycles. The smallest absolute Gasteiger partial charge is 0.136 e. The Labute approximate surface area is 88.0 Å². The molecule has 1 unspecified atom stereocenters. The van der Waals surface area contributed by atoms with E-state index in [-0.39, 0.29) is 23.4 Å². The first-order valence-corrected chi connectivity index (χ1v) is 5.36. The number of carbonyl (C=O) groups is 1. The highest BCUT2D eigenvalue weighted by atomic mass is 16.5. The molecule has 0 aliphatic carbocycles. The van der Waals surface area contributed by atoms with Gasteiger partial charge in [-0.25, -0.2) is 0 Å². The third kappa shape index (κ3) is 3.79. The van der Waals surface area contributed by atoms with Crippen LogP contribution in [0.25, 0.3) is 0 Å². The maximum Gasteiger partial charge on any atom is 0.136 e. The lowest BCUT2D eigenvalue weighted by Gasteiger charge is -2.36. The molecule has 0 amide bonds. The van der Waals surface area contributed by atoms with E-state index in [0.29, 0.717) is 5.92 Å². The lowest BCUT2D eigenvalue weighted by atomic mass is 9.79. The Morgan fingerprint density at radius 2 is 1.57 bits per heavy atom. The fourth-order valence-corrected chi connectivity index (χ4v) is 2.44. The number of ketones is 1. The van der Waals surface area contributed by atoms with Crippen molar-refractivity contribution in [1.29, 1.82) is 0 Å². The van der Waals surface area contributed by atoms with Gasteiger partial charge in [-0.15, -0.1) is 0 Å². The summed E-state index contributed by atoms with van der Waals surface area (Å²) in [7, 11) is 0. The van der Waals surface area contributed by atoms with E-state index in [0.717, 1.165) is 0 Å². The molecular weight excluding hydrogens is 176 g/mol. The number of hydrogen-bond donors (Lipinski definition) is 0. The van der Waals surface area contributed by atoms with E-state index in [2.05, 4.69) is 13.8 Å². The van der Waals surface area contributed by atoms with E-state index in [1.165, 1.54) is 0 Å². The first-order valence-electron chi connectivity index (χ1n) is 5.36. The Morgan fingerprint density at radius 3 is 1.79 bits per heavy atom. The second kappa shape index (κ2) is 4.92. The van der Waals surface area contributed by atoms with E-state index in [1.807, 2.05) is 27.7 Å². The molecule has 2 heteroatoms. The van der Waals surface area contributed by atoms with E-state index in [4.69, 9.17) is 4.74 Å². The van der Waals surface area contributed by atoms with E-state index >= 15 is 0 Å². The summed E-state index contributed by atoms with van der Waals surface area (Å²) in [4.78, 5) is 11.5. The molecule has 0 fully saturated rings. The van der Waals surface area contributed by atoms with Gasteiger partial charge in [-0.1, -0.05) is 13.8 Å². The summed E-state index contributed by atoms with van der Waals surface area (Å²) in [5.74, 6) is 0.511. The van der Waals surface area contributed by atoms with Gasteiger partial charge in [0.2, 0.25) is 0 Å². The summed E-state index contributed by atoms with van der Waals surface area (Å²) in [6.45, 7) is 13.8. The van der Waals surface area contributed by atoms with Crippen LogP contribution >= 0.6 is 0 Å². The summed E-state index contributed by atoms with van der Waals surface area (Å²) in [6.07, 6.45) is 0.158. The van der Waals surface area contributed by atoms with Gasteiger partial charge in [0.25, 0.3) is 0 Å². The SMILES string of the molecule is CC(=O)C(C(C)C)C(C)(C)OC(C)C. The normalized spacial score (nSPS) is 14.9. The van der Waals surface area contributed by atoms with Crippen molar-refractivity contribution in [2.24, 2.45) is 11.8 Å². The molecule has 0 bridgehead atoms.